The standard InChI is InChI=1S/C18H21N3/c1-2-4-14-10-15(9-13(14)3-1)21-17-7-8-19-11-16(17)20-18(21)12-5-6-12/h1-4,12,15,19H,5-11H2. The molecule has 5 rings (SSSR count). The predicted octanol–water partition coefficient (Wildman–Crippen LogP) is 2.75. The van der Waals surface area contributed by atoms with E-state index in [-0.39, 0.29) is 0 Å². The van der Waals surface area contributed by atoms with E-state index in [1.807, 2.05) is 0 Å². The SMILES string of the molecule is c1ccc2c(c1)CC(n1c(C3CC3)nc3c1CCNC3)C2. The van der Waals surface area contributed by atoms with Crippen LogP contribution in [0.3, 0.4) is 0 Å². The monoisotopic (exact) mass is 279 g/mol. The van der Waals surface area contributed by atoms with Gasteiger partial charge in [-0.15, -0.1) is 0 Å². The topological polar surface area (TPSA) is 29.9 Å². The predicted molar refractivity (Wildman–Crippen MR) is 82.5 cm³/mol. The van der Waals surface area contributed by atoms with Gasteiger partial charge in [-0.3, -0.25) is 0 Å². The second kappa shape index (κ2) is 4.44. The molecule has 1 N–H and O–H groups in total. The molecule has 1 saturated carbocycles. The summed E-state index contributed by atoms with van der Waals surface area (Å²) in [5, 5.41) is 3.47. The Morgan fingerprint density at radius 3 is 2.57 bits per heavy atom. The van der Waals surface area contributed by atoms with Crippen molar-refractivity contribution < 1.29 is 0 Å². The average Bonchev–Trinajstić information content (AvgIpc) is 3.16. The van der Waals surface area contributed by atoms with Crippen LogP contribution in [-0.4, -0.2) is 16.1 Å². The van der Waals surface area contributed by atoms with E-state index < -0.39 is 0 Å². The molecule has 2 heterocycles. The highest BCUT2D eigenvalue weighted by Gasteiger charge is 2.35. The summed E-state index contributed by atoms with van der Waals surface area (Å²) in [7, 11) is 0. The van der Waals surface area contributed by atoms with Gasteiger partial charge in [-0.2, -0.15) is 0 Å². The molecule has 3 heteroatoms. The summed E-state index contributed by atoms with van der Waals surface area (Å²) in [6, 6.07) is 9.56. The van der Waals surface area contributed by atoms with Gasteiger partial charge in [-0.05, 0) is 36.8 Å². The van der Waals surface area contributed by atoms with Crippen molar-refractivity contribution in [2.24, 2.45) is 0 Å². The zero-order valence-electron chi connectivity index (χ0n) is 12.3. The Bertz CT molecular complexity index is 671. The summed E-state index contributed by atoms with van der Waals surface area (Å²) in [4.78, 5) is 5.02. The van der Waals surface area contributed by atoms with Crippen LogP contribution in [0.15, 0.2) is 24.3 Å². The molecule has 0 spiro atoms. The highest BCUT2D eigenvalue weighted by Crippen LogP contribution is 2.43. The molecule has 0 radical (unpaired) electrons. The van der Waals surface area contributed by atoms with Gasteiger partial charge in [0.1, 0.15) is 5.82 Å². The molecule has 0 bridgehead atoms. The van der Waals surface area contributed by atoms with Crippen LogP contribution in [-0.2, 0) is 25.8 Å². The van der Waals surface area contributed by atoms with Crippen molar-refractivity contribution >= 4 is 0 Å². The first-order valence-electron chi connectivity index (χ1n) is 8.27. The molecule has 21 heavy (non-hydrogen) atoms. The van der Waals surface area contributed by atoms with Crippen LogP contribution < -0.4 is 5.32 Å². The highest BCUT2D eigenvalue weighted by atomic mass is 15.2. The van der Waals surface area contributed by atoms with Gasteiger partial charge in [0, 0.05) is 37.2 Å². The summed E-state index contributed by atoms with van der Waals surface area (Å²) in [6.45, 7) is 2.06. The Kier molecular flexibility index (Phi) is 2.53. The molecule has 2 aliphatic carbocycles. The largest absolute Gasteiger partial charge is 0.328 e. The second-order valence-electron chi connectivity index (χ2n) is 6.77. The van der Waals surface area contributed by atoms with Crippen molar-refractivity contribution in [2.75, 3.05) is 6.54 Å². The van der Waals surface area contributed by atoms with Crippen molar-refractivity contribution in [3.05, 3.63) is 52.6 Å². The minimum atomic E-state index is 0.604. The Labute approximate surface area is 125 Å². The van der Waals surface area contributed by atoms with Crippen molar-refractivity contribution in [2.45, 2.75) is 50.6 Å². The minimum Gasteiger partial charge on any atom is -0.328 e. The summed E-state index contributed by atoms with van der Waals surface area (Å²) >= 11 is 0. The van der Waals surface area contributed by atoms with Gasteiger partial charge in [0.15, 0.2) is 0 Å². The van der Waals surface area contributed by atoms with E-state index in [9.17, 15) is 0 Å². The number of benzene rings is 1. The Morgan fingerprint density at radius 1 is 1.10 bits per heavy atom. The smallest absolute Gasteiger partial charge is 0.112 e. The van der Waals surface area contributed by atoms with E-state index in [1.165, 1.54) is 42.9 Å². The third kappa shape index (κ3) is 1.87. The third-order valence-corrected chi connectivity index (χ3v) is 5.29. The molecule has 3 aliphatic rings. The van der Waals surface area contributed by atoms with E-state index in [0.717, 1.165) is 25.4 Å². The van der Waals surface area contributed by atoms with Crippen molar-refractivity contribution in [1.82, 2.24) is 14.9 Å². The van der Waals surface area contributed by atoms with Gasteiger partial charge in [-0.25, -0.2) is 4.98 Å². The maximum atomic E-state index is 5.02. The molecule has 1 aliphatic heterocycles. The van der Waals surface area contributed by atoms with E-state index in [4.69, 9.17) is 4.98 Å². The molecule has 3 nitrogen and oxygen atoms in total. The molecule has 0 saturated heterocycles. The molecule has 1 aromatic heterocycles. The van der Waals surface area contributed by atoms with Crippen LogP contribution in [0.5, 0.6) is 0 Å². The number of fused-ring (bicyclic) bond motifs is 2. The van der Waals surface area contributed by atoms with Gasteiger partial charge in [0.2, 0.25) is 0 Å². The maximum Gasteiger partial charge on any atom is 0.112 e. The Balaban J connectivity index is 1.58. The number of imidazole rings is 1. The zero-order chi connectivity index (χ0) is 13.8. The second-order valence-corrected chi connectivity index (χ2v) is 6.77. The number of rotatable bonds is 2. The zero-order valence-corrected chi connectivity index (χ0v) is 12.3. The third-order valence-electron chi connectivity index (χ3n) is 5.29. The summed E-state index contributed by atoms with van der Waals surface area (Å²) in [5.41, 5.74) is 5.92. The molecule has 1 fully saturated rings. The van der Waals surface area contributed by atoms with Gasteiger partial charge >= 0.3 is 0 Å². The number of nitrogens with zero attached hydrogens (tertiary/aromatic N) is 2. The Morgan fingerprint density at radius 2 is 1.86 bits per heavy atom. The molecule has 0 atom stereocenters. The van der Waals surface area contributed by atoms with Gasteiger partial charge < -0.3 is 9.88 Å². The number of aromatic nitrogens is 2. The normalized spacial score (nSPS) is 21.3. The van der Waals surface area contributed by atoms with Crippen molar-refractivity contribution in [1.29, 1.82) is 0 Å². The number of hydrogen-bond acceptors (Lipinski definition) is 2. The maximum absolute atomic E-state index is 5.02. The first-order valence-corrected chi connectivity index (χ1v) is 8.27. The van der Waals surface area contributed by atoms with Gasteiger partial charge in [-0.1, -0.05) is 24.3 Å². The molecule has 108 valence electrons. The summed E-state index contributed by atoms with van der Waals surface area (Å²) in [5.74, 6) is 2.13. The molecule has 0 amide bonds. The van der Waals surface area contributed by atoms with E-state index >= 15 is 0 Å². The fourth-order valence-corrected chi connectivity index (χ4v) is 4.11. The molecule has 1 aromatic carbocycles. The quantitative estimate of drug-likeness (QED) is 0.916. The fraction of sp³-hybridized carbons (Fsp3) is 0.500. The van der Waals surface area contributed by atoms with Crippen molar-refractivity contribution in [3.63, 3.8) is 0 Å². The molecule has 2 aromatic rings. The van der Waals surface area contributed by atoms with E-state index in [0.29, 0.717) is 6.04 Å². The van der Waals surface area contributed by atoms with E-state index in [2.05, 4.69) is 34.1 Å². The van der Waals surface area contributed by atoms with Crippen molar-refractivity contribution in [3.8, 4) is 0 Å². The molecular formula is C18H21N3. The molecule has 0 unspecified atom stereocenters. The fourth-order valence-electron chi connectivity index (χ4n) is 4.11. The lowest BCUT2D eigenvalue weighted by molar-refractivity contribution is 0.479. The van der Waals surface area contributed by atoms with Gasteiger partial charge in [0.05, 0.1) is 5.69 Å². The first kappa shape index (κ1) is 12.0. The summed E-state index contributed by atoms with van der Waals surface area (Å²) in [6.07, 6.45) is 6.19. The first-order chi connectivity index (χ1) is 10.4. The summed E-state index contributed by atoms with van der Waals surface area (Å²) < 4.78 is 2.65. The van der Waals surface area contributed by atoms with Crippen LogP contribution in [0.4, 0.5) is 0 Å². The lowest BCUT2D eigenvalue weighted by atomic mass is 10.1. The van der Waals surface area contributed by atoms with Crippen LogP contribution in [0, 0.1) is 0 Å². The average molecular weight is 279 g/mol. The van der Waals surface area contributed by atoms with E-state index in [1.54, 1.807) is 11.1 Å². The Hall–Kier alpha value is -1.61. The number of hydrogen-bond donors (Lipinski definition) is 1. The number of nitrogens with one attached hydrogen (secondary N) is 1. The van der Waals surface area contributed by atoms with Gasteiger partial charge in [0.25, 0.3) is 0 Å². The highest BCUT2D eigenvalue weighted by molar-refractivity contribution is 5.35. The van der Waals surface area contributed by atoms with Crippen LogP contribution >= 0.6 is 0 Å². The van der Waals surface area contributed by atoms with Crippen LogP contribution in [0.25, 0.3) is 0 Å². The van der Waals surface area contributed by atoms with Crippen LogP contribution in [0.2, 0.25) is 0 Å². The lowest BCUT2D eigenvalue weighted by Gasteiger charge is -2.21. The van der Waals surface area contributed by atoms with Crippen LogP contribution in [0.1, 0.15) is 53.1 Å². The minimum absolute atomic E-state index is 0.604. The lowest BCUT2D eigenvalue weighted by Crippen LogP contribution is -2.26. The molecular weight excluding hydrogens is 258 g/mol.